The van der Waals surface area contributed by atoms with E-state index >= 15 is 0 Å². The molecule has 20 heavy (non-hydrogen) atoms. The summed E-state index contributed by atoms with van der Waals surface area (Å²) >= 11 is 1.65. The van der Waals surface area contributed by atoms with E-state index in [1.54, 1.807) is 11.3 Å². The number of hydrogen-bond donors (Lipinski definition) is 2. The fraction of sp³-hybridized carbons (Fsp3) is 0.733. The number of carbonyl (C=O) groups excluding carboxylic acids is 1. The van der Waals surface area contributed by atoms with Crippen molar-refractivity contribution in [2.24, 2.45) is 5.92 Å². The number of piperidine rings is 1. The van der Waals surface area contributed by atoms with E-state index in [0.717, 1.165) is 22.2 Å². The number of aryl methyl sites for hydroxylation is 1. The van der Waals surface area contributed by atoms with Crippen molar-refractivity contribution in [3.8, 4) is 0 Å². The Morgan fingerprint density at radius 3 is 3.05 bits per heavy atom. The third kappa shape index (κ3) is 3.20. The van der Waals surface area contributed by atoms with Gasteiger partial charge in [-0.05, 0) is 38.5 Å². The van der Waals surface area contributed by atoms with Crippen molar-refractivity contribution in [3.63, 3.8) is 0 Å². The number of nitrogens with zero attached hydrogens (tertiary/aromatic N) is 1. The van der Waals surface area contributed by atoms with Crippen LogP contribution in [-0.2, 0) is 11.3 Å². The van der Waals surface area contributed by atoms with Gasteiger partial charge in [0, 0.05) is 17.1 Å². The molecule has 1 amide bonds. The molecule has 1 aromatic heterocycles. The maximum absolute atomic E-state index is 12.3. The number of amides is 1. The summed E-state index contributed by atoms with van der Waals surface area (Å²) in [7, 11) is 0. The Morgan fingerprint density at radius 2 is 2.25 bits per heavy atom. The van der Waals surface area contributed by atoms with Crippen molar-refractivity contribution in [3.05, 3.63) is 16.1 Å². The molecule has 110 valence electrons. The second-order valence-electron chi connectivity index (χ2n) is 6.01. The predicted molar refractivity (Wildman–Crippen MR) is 80.6 cm³/mol. The summed E-state index contributed by atoms with van der Waals surface area (Å²) in [4.78, 5) is 17.6. The number of nitrogens with one attached hydrogen (secondary N) is 2. The van der Waals surface area contributed by atoms with Crippen LogP contribution in [-0.4, -0.2) is 23.0 Å². The summed E-state index contributed by atoms with van der Waals surface area (Å²) in [5.74, 6) is 0.956. The monoisotopic (exact) mass is 293 g/mol. The van der Waals surface area contributed by atoms with Gasteiger partial charge in [0.15, 0.2) is 0 Å². The topological polar surface area (TPSA) is 54.0 Å². The van der Waals surface area contributed by atoms with Crippen molar-refractivity contribution in [2.45, 2.75) is 64.1 Å². The van der Waals surface area contributed by atoms with Crippen LogP contribution in [0.25, 0.3) is 0 Å². The quantitative estimate of drug-likeness (QED) is 0.899. The van der Waals surface area contributed by atoms with Crippen LogP contribution in [0.5, 0.6) is 0 Å². The van der Waals surface area contributed by atoms with Gasteiger partial charge in [-0.15, -0.1) is 11.3 Å². The van der Waals surface area contributed by atoms with Crippen molar-refractivity contribution >= 4 is 17.2 Å². The Bertz CT molecular complexity index is 473. The van der Waals surface area contributed by atoms with E-state index in [0.29, 0.717) is 12.6 Å². The minimum atomic E-state index is 0.00312. The molecule has 0 radical (unpaired) electrons. The minimum Gasteiger partial charge on any atom is -0.350 e. The number of thiazole rings is 1. The maximum atomic E-state index is 12.3. The smallest absolute Gasteiger partial charge is 0.237 e. The molecule has 1 aliphatic heterocycles. The standard InChI is InChI=1S/C15H23N3OS/c1-10-16-8-12(20-10)9-17-15(19)14-7-6-11-4-2-3-5-13(11)18-14/h8,11,13-14,18H,2-7,9H2,1H3,(H,17,19). The molecule has 1 aromatic rings. The molecule has 3 rings (SSSR count). The molecule has 3 unspecified atom stereocenters. The highest BCUT2D eigenvalue weighted by Gasteiger charge is 2.34. The number of fused-ring (bicyclic) bond motifs is 1. The van der Waals surface area contributed by atoms with E-state index in [9.17, 15) is 4.79 Å². The van der Waals surface area contributed by atoms with Crippen LogP contribution < -0.4 is 10.6 Å². The van der Waals surface area contributed by atoms with Gasteiger partial charge in [-0.1, -0.05) is 12.8 Å². The zero-order valence-corrected chi connectivity index (χ0v) is 12.8. The first-order valence-corrected chi connectivity index (χ1v) is 8.49. The van der Waals surface area contributed by atoms with Crippen LogP contribution in [0.4, 0.5) is 0 Å². The van der Waals surface area contributed by atoms with Gasteiger partial charge in [0.2, 0.25) is 5.91 Å². The first kappa shape index (κ1) is 14.0. The highest BCUT2D eigenvalue weighted by molar-refractivity contribution is 7.11. The summed E-state index contributed by atoms with van der Waals surface area (Å²) in [6.45, 7) is 2.60. The van der Waals surface area contributed by atoms with Gasteiger partial charge in [-0.3, -0.25) is 4.79 Å². The van der Waals surface area contributed by atoms with Crippen molar-refractivity contribution in [1.82, 2.24) is 15.6 Å². The predicted octanol–water partition coefficient (Wildman–Crippen LogP) is 2.38. The number of rotatable bonds is 3. The molecule has 3 atom stereocenters. The lowest BCUT2D eigenvalue weighted by Crippen LogP contribution is -2.54. The maximum Gasteiger partial charge on any atom is 0.237 e. The van der Waals surface area contributed by atoms with Crippen molar-refractivity contribution in [2.75, 3.05) is 0 Å². The molecular formula is C15H23N3OS. The molecule has 0 aromatic carbocycles. The molecular weight excluding hydrogens is 270 g/mol. The fourth-order valence-electron chi connectivity index (χ4n) is 3.49. The van der Waals surface area contributed by atoms with Crippen LogP contribution in [0, 0.1) is 12.8 Å². The van der Waals surface area contributed by atoms with Gasteiger partial charge in [-0.2, -0.15) is 0 Å². The minimum absolute atomic E-state index is 0.00312. The summed E-state index contributed by atoms with van der Waals surface area (Å²) < 4.78 is 0. The molecule has 2 N–H and O–H groups in total. The molecule has 2 aliphatic rings. The van der Waals surface area contributed by atoms with Crippen LogP contribution >= 0.6 is 11.3 Å². The first-order valence-electron chi connectivity index (χ1n) is 7.67. The van der Waals surface area contributed by atoms with Gasteiger partial charge < -0.3 is 10.6 Å². The molecule has 1 aliphatic carbocycles. The molecule has 0 spiro atoms. The van der Waals surface area contributed by atoms with Crippen LogP contribution in [0.2, 0.25) is 0 Å². The second kappa shape index (κ2) is 6.22. The van der Waals surface area contributed by atoms with Crippen LogP contribution in [0.15, 0.2) is 6.20 Å². The summed E-state index contributed by atoms with van der Waals surface area (Å²) in [5, 5.41) is 7.67. The summed E-state index contributed by atoms with van der Waals surface area (Å²) in [5.41, 5.74) is 0. The van der Waals surface area contributed by atoms with Gasteiger partial charge in [0.05, 0.1) is 17.6 Å². The third-order valence-corrected chi connectivity index (χ3v) is 5.49. The van der Waals surface area contributed by atoms with E-state index in [1.807, 2.05) is 13.1 Å². The van der Waals surface area contributed by atoms with Crippen LogP contribution in [0.1, 0.15) is 48.4 Å². The molecule has 1 saturated carbocycles. The number of hydrogen-bond acceptors (Lipinski definition) is 4. The lowest BCUT2D eigenvalue weighted by molar-refractivity contribution is -0.124. The normalized spacial score (nSPS) is 29.8. The van der Waals surface area contributed by atoms with Crippen molar-refractivity contribution in [1.29, 1.82) is 0 Å². The molecule has 4 nitrogen and oxygen atoms in total. The second-order valence-corrected chi connectivity index (χ2v) is 7.33. The van der Waals surface area contributed by atoms with E-state index in [1.165, 1.54) is 32.1 Å². The number of aromatic nitrogens is 1. The average molecular weight is 293 g/mol. The van der Waals surface area contributed by atoms with Crippen molar-refractivity contribution < 1.29 is 4.79 Å². The molecule has 2 heterocycles. The largest absolute Gasteiger partial charge is 0.350 e. The zero-order valence-electron chi connectivity index (χ0n) is 12.0. The molecule has 2 fully saturated rings. The Balaban J connectivity index is 1.50. The Hall–Kier alpha value is -0.940. The Morgan fingerprint density at radius 1 is 1.40 bits per heavy atom. The van der Waals surface area contributed by atoms with Crippen LogP contribution in [0.3, 0.4) is 0 Å². The van der Waals surface area contributed by atoms with E-state index < -0.39 is 0 Å². The van der Waals surface area contributed by atoms with Gasteiger partial charge >= 0.3 is 0 Å². The lowest BCUT2D eigenvalue weighted by atomic mass is 9.77. The summed E-state index contributed by atoms with van der Waals surface area (Å²) in [6.07, 6.45) is 9.29. The third-order valence-electron chi connectivity index (χ3n) is 4.57. The lowest BCUT2D eigenvalue weighted by Gasteiger charge is -2.39. The Kier molecular flexibility index (Phi) is 4.36. The highest BCUT2D eigenvalue weighted by Crippen LogP contribution is 2.32. The summed E-state index contributed by atoms with van der Waals surface area (Å²) in [6, 6.07) is 0.572. The van der Waals surface area contributed by atoms with E-state index in [-0.39, 0.29) is 11.9 Å². The molecule has 5 heteroatoms. The van der Waals surface area contributed by atoms with Gasteiger partial charge in [-0.25, -0.2) is 4.98 Å². The SMILES string of the molecule is Cc1ncc(CNC(=O)C2CCC3CCCCC3N2)s1. The molecule has 1 saturated heterocycles. The molecule has 0 bridgehead atoms. The highest BCUT2D eigenvalue weighted by atomic mass is 32.1. The van der Waals surface area contributed by atoms with Gasteiger partial charge in [0.1, 0.15) is 0 Å². The first-order chi connectivity index (χ1) is 9.72. The van der Waals surface area contributed by atoms with E-state index in [2.05, 4.69) is 15.6 Å². The fourth-order valence-corrected chi connectivity index (χ4v) is 4.22. The van der Waals surface area contributed by atoms with Gasteiger partial charge in [0.25, 0.3) is 0 Å². The zero-order chi connectivity index (χ0) is 13.9. The average Bonchev–Trinajstić information content (AvgIpc) is 2.90. The number of carbonyl (C=O) groups is 1. The van der Waals surface area contributed by atoms with E-state index in [4.69, 9.17) is 0 Å². The Labute approximate surface area is 124 Å².